The van der Waals surface area contributed by atoms with Gasteiger partial charge in [-0.25, -0.2) is 9.97 Å². The predicted molar refractivity (Wildman–Crippen MR) is 89.5 cm³/mol. The molecular formula is C17H23N5O2. The zero-order chi connectivity index (χ0) is 16.9. The smallest absolute Gasteiger partial charge is 0.273 e. The summed E-state index contributed by atoms with van der Waals surface area (Å²) in [5, 5.41) is 12.5. The number of pyridine rings is 1. The molecule has 0 aliphatic carbocycles. The van der Waals surface area contributed by atoms with Gasteiger partial charge in [0.05, 0.1) is 6.54 Å². The molecule has 1 saturated heterocycles. The Morgan fingerprint density at radius 1 is 1.42 bits per heavy atom. The van der Waals surface area contributed by atoms with E-state index in [4.69, 9.17) is 0 Å². The Morgan fingerprint density at radius 3 is 3.08 bits per heavy atom. The van der Waals surface area contributed by atoms with Crippen LogP contribution < -0.4 is 5.32 Å². The molecular weight excluding hydrogens is 306 g/mol. The van der Waals surface area contributed by atoms with Crippen LogP contribution in [0.25, 0.3) is 0 Å². The van der Waals surface area contributed by atoms with Crippen LogP contribution in [-0.2, 0) is 13.1 Å². The number of rotatable bonds is 6. The van der Waals surface area contributed by atoms with Crippen molar-refractivity contribution < 1.29 is 9.90 Å². The fourth-order valence-electron chi connectivity index (χ4n) is 3.10. The van der Waals surface area contributed by atoms with Crippen LogP contribution in [0.2, 0.25) is 0 Å². The Morgan fingerprint density at radius 2 is 2.29 bits per heavy atom. The molecule has 1 fully saturated rings. The number of carbonyl (C=O) groups excluding carboxylic acids is 1. The van der Waals surface area contributed by atoms with Gasteiger partial charge in [0.25, 0.3) is 5.91 Å². The second-order valence-corrected chi connectivity index (χ2v) is 6.10. The van der Waals surface area contributed by atoms with E-state index in [-0.39, 0.29) is 17.4 Å². The summed E-state index contributed by atoms with van der Waals surface area (Å²) in [6, 6.07) is 3.07. The second-order valence-electron chi connectivity index (χ2n) is 6.10. The van der Waals surface area contributed by atoms with Gasteiger partial charge in [-0.1, -0.05) is 0 Å². The number of hydrogen-bond donors (Lipinski definition) is 2. The monoisotopic (exact) mass is 329 g/mol. The summed E-state index contributed by atoms with van der Waals surface area (Å²) in [4.78, 5) is 22.8. The van der Waals surface area contributed by atoms with Crippen molar-refractivity contribution in [1.82, 2.24) is 24.8 Å². The summed E-state index contributed by atoms with van der Waals surface area (Å²) in [6.07, 6.45) is 6.39. The number of aromatic hydroxyl groups is 1. The maximum absolute atomic E-state index is 12.1. The molecule has 1 aliphatic heterocycles. The Hall–Kier alpha value is -2.41. The van der Waals surface area contributed by atoms with Gasteiger partial charge >= 0.3 is 0 Å². The van der Waals surface area contributed by atoms with E-state index in [2.05, 4.69) is 31.7 Å². The van der Waals surface area contributed by atoms with Crippen LogP contribution in [0.5, 0.6) is 5.75 Å². The highest BCUT2D eigenvalue weighted by Gasteiger charge is 2.24. The van der Waals surface area contributed by atoms with Crippen LogP contribution in [0.15, 0.2) is 30.7 Å². The summed E-state index contributed by atoms with van der Waals surface area (Å²) in [7, 11) is 0. The maximum Gasteiger partial charge on any atom is 0.273 e. The third kappa shape index (κ3) is 3.73. The zero-order valence-electron chi connectivity index (χ0n) is 13.9. The molecule has 1 aliphatic rings. The molecule has 2 aromatic heterocycles. The SMILES string of the molecule is CCn1ccnc1CN1CC[C@@H](CNC(=O)c2ncccc2O)C1. The maximum atomic E-state index is 12.1. The highest BCUT2D eigenvalue weighted by Crippen LogP contribution is 2.18. The lowest BCUT2D eigenvalue weighted by Gasteiger charge is -2.16. The Balaban J connectivity index is 1.48. The van der Waals surface area contributed by atoms with Crippen molar-refractivity contribution in [3.8, 4) is 5.75 Å². The standard InChI is InChI=1S/C17H23N5O2/c1-2-22-9-7-18-15(22)12-21-8-5-13(11-21)10-20-17(24)16-14(23)4-3-6-19-16/h3-4,6-7,9,13,23H,2,5,8,10-12H2,1H3,(H,20,24)/t13-/m0/s1. The summed E-state index contributed by atoms with van der Waals surface area (Å²) in [5.74, 6) is 1.08. The lowest BCUT2D eigenvalue weighted by molar-refractivity contribution is 0.0939. The van der Waals surface area contributed by atoms with E-state index in [1.54, 1.807) is 6.07 Å². The van der Waals surface area contributed by atoms with E-state index >= 15 is 0 Å². The third-order valence-electron chi connectivity index (χ3n) is 4.43. The van der Waals surface area contributed by atoms with Crippen LogP contribution in [0.3, 0.4) is 0 Å². The molecule has 0 aromatic carbocycles. The van der Waals surface area contributed by atoms with E-state index in [0.717, 1.165) is 38.4 Å². The first kappa shape index (κ1) is 16.4. The molecule has 0 unspecified atom stereocenters. The highest BCUT2D eigenvalue weighted by atomic mass is 16.3. The van der Waals surface area contributed by atoms with Crippen molar-refractivity contribution in [2.75, 3.05) is 19.6 Å². The number of carbonyl (C=O) groups is 1. The van der Waals surface area contributed by atoms with Crippen LogP contribution in [0.4, 0.5) is 0 Å². The Bertz CT molecular complexity index is 700. The number of likely N-dealkylation sites (tertiary alicyclic amines) is 1. The number of nitrogens with one attached hydrogen (secondary N) is 1. The molecule has 0 bridgehead atoms. The van der Waals surface area contributed by atoms with Gasteiger partial charge in [-0.05, 0) is 37.9 Å². The molecule has 7 heteroatoms. The number of aromatic nitrogens is 3. The van der Waals surface area contributed by atoms with Crippen LogP contribution in [0, 0.1) is 5.92 Å². The minimum absolute atomic E-state index is 0.0809. The average Bonchev–Trinajstić information content (AvgIpc) is 3.22. The Kier molecular flexibility index (Phi) is 5.10. The molecule has 1 amide bonds. The normalized spacial score (nSPS) is 18.0. The van der Waals surface area contributed by atoms with E-state index in [1.165, 1.54) is 12.3 Å². The number of nitrogens with zero attached hydrogens (tertiary/aromatic N) is 4. The lowest BCUT2D eigenvalue weighted by atomic mass is 10.1. The molecule has 0 radical (unpaired) electrons. The van der Waals surface area contributed by atoms with Gasteiger partial charge in [-0.15, -0.1) is 0 Å². The predicted octanol–water partition coefficient (Wildman–Crippen LogP) is 1.26. The average molecular weight is 329 g/mol. The summed E-state index contributed by atoms with van der Waals surface area (Å²) < 4.78 is 2.15. The van der Waals surface area contributed by atoms with Gasteiger partial charge in [-0.3, -0.25) is 9.69 Å². The first-order chi connectivity index (χ1) is 11.7. The van der Waals surface area contributed by atoms with Crippen molar-refractivity contribution in [3.05, 3.63) is 42.2 Å². The molecule has 0 saturated carbocycles. The van der Waals surface area contributed by atoms with E-state index in [0.29, 0.717) is 12.5 Å². The molecule has 0 spiro atoms. The van der Waals surface area contributed by atoms with Gasteiger partial charge < -0.3 is 15.0 Å². The number of aryl methyl sites for hydroxylation is 1. The first-order valence-electron chi connectivity index (χ1n) is 8.32. The fraction of sp³-hybridized carbons (Fsp3) is 0.471. The quantitative estimate of drug-likeness (QED) is 0.833. The third-order valence-corrected chi connectivity index (χ3v) is 4.43. The first-order valence-corrected chi connectivity index (χ1v) is 8.32. The summed E-state index contributed by atoms with van der Waals surface area (Å²) >= 11 is 0. The highest BCUT2D eigenvalue weighted by molar-refractivity contribution is 5.94. The van der Waals surface area contributed by atoms with Gasteiger partial charge in [0.1, 0.15) is 11.6 Å². The number of imidazole rings is 1. The van der Waals surface area contributed by atoms with Crippen molar-refractivity contribution in [2.45, 2.75) is 26.4 Å². The van der Waals surface area contributed by atoms with Crippen molar-refractivity contribution in [3.63, 3.8) is 0 Å². The van der Waals surface area contributed by atoms with E-state index in [9.17, 15) is 9.90 Å². The van der Waals surface area contributed by atoms with Crippen LogP contribution in [-0.4, -0.2) is 50.1 Å². The van der Waals surface area contributed by atoms with Crippen molar-refractivity contribution >= 4 is 5.91 Å². The minimum Gasteiger partial charge on any atom is -0.505 e. The summed E-state index contributed by atoms with van der Waals surface area (Å²) in [5.41, 5.74) is 0.0809. The van der Waals surface area contributed by atoms with Gasteiger partial charge in [0.2, 0.25) is 0 Å². The Labute approximate surface area is 141 Å². The molecule has 7 nitrogen and oxygen atoms in total. The molecule has 2 aromatic rings. The number of amides is 1. The molecule has 1 atom stereocenters. The molecule has 128 valence electrons. The van der Waals surface area contributed by atoms with Crippen molar-refractivity contribution in [1.29, 1.82) is 0 Å². The lowest BCUT2D eigenvalue weighted by Crippen LogP contribution is -2.31. The van der Waals surface area contributed by atoms with Crippen molar-refractivity contribution in [2.24, 2.45) is 5.92 Å². The van der Waals surface area contributed by atoms with Crippen LogP contribution >= 0.6 is 0 Å². The van der Waals surface area contributed by atoms with E-state index < -0.39 is 0 Å². The topological polar surface area (TPSA) is 83.3 Å². The largest absolute Gasteiger partial charge is 0.505 e. The zero-order valence-corrected chi connectivity index (χ0v) is 13.9. The fourth-order valence-corrected chi connectivity index (χ4v) is 3.10. The van der Waals surface area contributed by atoms with E-state index in [1.807, 2.05) is 12.4 Å². The molecule has 3 rings (SSSR count). The van der Waals surface area contributed by atoms with Gasteiger partial charge in [0.15, 0.2) is 5.69 Å². The second kappa shape index (κ2) is 7.44. The number of hydrogen-bond acceptors (Lipinski definition) is 5. The summed E-state index contributed by atoms with van der Waals surface area (Å²) in [6.45, 7) is 6.41. The molecule has 2 N–H and O–H groups in total. The van der Waals surface area contributed by atoms with Gasteiger partial charge in [-0.2, -0.15) is 0 Å². The minimum atomic E-state index is -0.326. The van der Waals surface area contributed by atoms with Crippen LogP contribution in [0.1, 0.15) is 29.7 Å². The van der Waals surface area contributed by atoms with Gasteiger partial charge in [0, 0.05) is 38.2 Å². The molecule has 3 heterocycles. The molecule has 24 heavy (non-hydrogen) atoms.